The number of aromatic hydroxyl groups is 3. The van der Waals surface area contributed by atoms with E-state index in [1.54, 1.807) is 0 Å². The van der Waals surface area contributed by atoms with Gasteiger partial charge < -0.3 is 15.3 Å². The van der Waals surface area contributed by atoms with Crippen LogP contribution in [0.3, 0.4) is 0 Å². The van der Waals surface area contributed by atoms with Crippen LogP contribution >= 0.6 is 0 Å². The Labute approximate surface area is 139 Å². The van der Waals surface area contributed by atoms with Crippen LogP contribution in [-0.2, 0) is 6.42 Å². The fourth-order valence-electron chi connectivity index (χ4n) is 3.17. The van der Waals surface area contributed by atoms with Gasteiger partial charge in [0.15, 0.2) is 11.6 Å². The van der Waals surface area contributed by atoms with Crippen LogP contribution in [0.1, 0.15) is 62.7 Å². The Morgan fingerprint density at radius 3 is 2.25 bits per heavy atom. The van der Waals surface area contributed by atoms with Gasteiger partial charge >= 0.3 is 0 Å². The summed E-state index contributed by atoms with van der Waals surface area (Å²) in [7, 11) is 0. The van der Waals surface area contributed by atoms with Crippen molar-refractivity contribution in [2.24, 2.45) is 0 Å². The largest absolute Gasteiger partial charge is 0.508 e. The minimum absolute atomic E-state index is 0.0483. The lowest BCUT2D eigenvalue weighted by Gasteiger charge is -2.23. The average Bonchev–Trinajstić information content (AvgIpc) is 2.56. The van der Waals surface area contributed by atoms with Crippen LogP contribution in [0.15, 0.2) is 18.2 Å². The monoisotopic (exact) mass is 326 g/mol. The van der Waals surface area contributed by atoms with E-state index < -0.39 is 11.6 Å². The summed E-state index contributed by atoms with van der Waals surface area (Å²) in [5, 5.41) is 30.4. The number of carbonyl (C=O) groups is 2. The van der Waals surface area contributed by atoms with Crippen LogP contribution in [0.2, 0.25) is 0 Å². The number of benzene rings is 2. The summed E-state index contributed by atoms with van der Waals surface area (Å²) >= 11 is 0. The van der Waals surface area contributed by atoms with Gasteiger partial charge in [-0.05, 0) is 38.0 Å². The Kier molecular flexibility index (Phi) is 3.79. The number of fused-ring (bicyclic) bond motifs is 2. The second-order valence-corrected chi connectivity index (χ2v) is 6.04. The van der Waals surface area contributed by atoms with Crippen LogP contribution in [-0.4, -0.2) is 26.9 Å². The molecule has 0 unspecified atom stereocenters. The topological polar surface area (TPSA) is 94.8 Å². The van der Waals surface area contributed by atoms with E-state index in [1.165, 1.54) is 25.1 Å². The van der Waals surface area contributed by atoms with Crippen LogP contribution in [0, 0.1) is 6.92 Å². The van der Waals surface area contributed by atoms with Gasteiger partial charge in [-0.2, -0.15) is 0 Å². The molecule has 0 amide bonds. The molecule has 2 aromatic carbocycles. The van der Waals surface area contributed by atoms with Crippen LogP contribution in [0.25, 0.3) is 0 Å². The molecule has 3 N–H and O–H groups in total. The van der Waals surface area contributed by atoms with E-state index in [9.17, 15) is 24.9 Å². The van der Waals surface area contributed by atoms with Crippen molar-refractivity contribution in [1.82, 2.24) is 0 Å². The zero-order chi connectivity index (χ0) is 17.6. The van der Waals surface area contributed by atoms with Gasteiger partial charge in [0.25, 0.3) is 0 Å². The van der Waals surface area contributed by atoms with E-state index in [0.29, 0.717) is 12.0 Å². The highest BCUT2D eigenvalue weighted by Gasteiger charge is 2.36. The molecule has 0 saturated heterocycles. The van der Waals surface area contributed by atoms with Gasteiger partial charge in [0.2, 0.25) is 0 Å². The molecule has 5 heteroatoms. The predicted molar refractivity (Wildman–Crippen MR) is 88.1 cm³/mol. The van der Waals surface area contributed by atoms with Crippen LogP contribution < -0.4 is 0 Å². The molecule has 1 aliphatic carbocycles. The molecule has 3 rings (SSSR count). The maximum atomic E-state index is 12.9. The molecule has 124 valence electrons. The van der Waals surface area contributed by atoms with Gasteiger partial charge in [0.1, 0.15) is 17.2 Å². The van der Waals surface area contributed by atoms with Crippen LogP contribution in [0.4, 0.5) is 0 Å². The number of phenols is 3. The molecule has 0 aromatic heterocycles. The van der Waals surface area contributed by atoms with Crippen molar-refractivity contribution in [1.29, 1.82) is 0 Å². The maximum absolute atomic E-state index is 12.9. The lowest BCUT2D eigenvalue weighted by atomic mass is 9.79. The van der Waals surface area contributed by atoms with Crippen molar-refractivity contribution in [2.75, 3.05) is 0 Å². The molecule has 0 heterocycles. The normalized spacial score (nSPS) is 12.9. The van der Waals surface area contributed by atoms with E-state index in [1.807, 2.05) is 6.92 Å². The number of phenolic OH excluding ortho intramolecular Hbond substituents is 3. The van der Waals surface area contributed by atoms with E-state index in [0.717, 1.165) is 12.8 Å². The number of hydrogen-bond acceptors (Lipinski definition) is 5. The van der Waals surface area contributed by atoms with E-state index in [-0.39, 0.29) is 45.1 Å². The summed E-state index contributed by atoms with van der Waals surface area (Å²) in [5.41, 5.74) is 0.810. The summed E-state index contributed by atoms with van der Waals surface area (Å²) < 4.78 is 0. The van der Waals surface area contributed by atoms with Crippen LogP contribution in [0.5, 0.6) is 17.2 Å². The van der Waals surface area contributed by atoms with E-state index in [4.69, 9.17) is 0 Å². The molecule has 5 nitrogen and oxygen atoms in total. The first kappa shape index (κ1) is 16.1. The summed E-state index contributed by atoms with van der Waals surface area (Å²) in [6.07, 6.45) is 2.02. The Hall–Kier alpha value is -2.82. The predicted octanol–water partition coefficient (Wildman–Crippen LogP) is 3.23. The van der Waals surface area contributed by atoms with Crippen molar-refractivity contribution < 1.29 is 24.9 Å². The zero-order valence-corrected chi connectivity index (χ0v) is 13.5. The number of rotatable bonds is 3. The van der Waals surface area contributed by atoms with E-state index >= 15 is 0 Å². The Bertz CT molecular complexity index is 880. The maximum Gasteiger partial charge on any atom is 0.198 e. The SMILES string of the molecule is CCCCc1c(O)c(C)c(O)c2c1C(=O)c1cc(O)ccc1C2=O. The molecule has 0 saturated carbocycles. The minimum Gasteiger partial charge on any atom is -0.508 e. The lowest BCUT2D eigenvalue weighted by molar-refractivity contribution is 0.0975. The molecular formula is C19H18O5. The molecule has 2 aromatic rings. The summed E-state index contributed by atoms with van der Waals surface area (Å²) in [5.74, 6) is -1.57. The smallest absolute Gasteiger partial charge is 0.198 e. The molecular weight excluding hydrogens is 308 g/mol. The third kappa shape index (κ3) is 2.16. The standard InChI is InChI=1S/C19H18O5/c1-3-4-5-12-14-15(17(22)9(2)16(12)21)18(23)11-7-6-10(20)8-13(11)19(14)24/h6-8,20-22H,3-5H2,1-2H3. The second kappa shape index (κ2) is 5.67. The number of hydrogen-bond donors (Lipinski definition) is 3. The third-order valence-corrected chi connectivity index (χ3v) is 4.51. The van der Waals surface area contributed by atoms with Crippen molar-refractivity contribution in [2.45, 2.75) is 33.1 Å². The van der Waals surface area contributed by atoms with Gasteiger partial charge in [-0.25, -0.2) is 0 Å². The summed E-state index contributed by atoms with van der Waals surface area (Å²) in [6, 6.07) is 3.95. The van der Waals surface area contributed by atoms with Crippen molar-refractivity contribution in [3.8, 4) is 17.2 Å². The molecule has 0 bridgehead atoms. The third-order valence-electron chi connectivity index (χ3n) is 4.51. The molecule has 0 fully saturated rings. The molecule has 0 atom stereocenters. The second-order valence-electron chi connectivity index (χ2n) is 6.04. The first-order chi connectivity index (χ1) is 11.4. The Balaban J connectivity index is 2.35. The van der Waals surface area contributed by atoms with Crippen molar-refractivity contribution in [3.63, 3.8) is 0 Å². The fraction of sp³-hybridized carbons (Fsp3) is 0.263. The first-order valence-corrected chi connectivity index (χ1v) is 7.88. The fourth-order valence-corrected chi connectivity index (χ4v) is 3.17. The van der Waals surface area contributed by atoms with Crippen molar-refractivity contribution in [3.05, 3.63) is 51.6 Å². The number of carbonyl (C=O) groups excluding carboxylic acids is 2. The quantitative estimate of drug-likeness (QED) is 0.687. The highest BCUT2D eigenvalue weighted by molar-refractivity contribution is 6.30. The van der Waals surface area contributed by atoms with Gasteiger partial charge in [0, 0.05) is 27.8 Å². The van der Waals surface area contributed by atoms with Gasteiger partial charge in [-0.15, -0.1) is 0 Å². The Morgan fingerprint density at radius 1 is 0.917 bits per heavy atom. The first-order valence-electron chi connectivity index (χ1n) is 7.88. The number of ketones is 2. The lowest BCUT2D eigenvalue weighted by Crippen LogP contribution is -2.23. The van der Waals surface area contributed by atoms with Gasteiger partial charge in [-0.1, -0.05) is 13.3 Å². The molecule has 1 aliphatic rings. The molecule has 0 aliphatic heterocycles. The highest BCUT2D eigenvalue weighted by Crippen LogP contribution is 2.43. The minimum atomic E-state index is -0.474. The summed E-state index contributed by atoms with van der Waals surface area (Å²) in [4.78, 5) is 25.7. The van der Waals surface area contributed by atoms with Gasteiger partial charge in [-0.3, -0.25) is 9.59 Å². The highest BCUT2D eigenvalue weighted by atomic mass is 16.3. The molecule has 0 radical (unpaired) electrons. The zero-order valence-electron chi connectivity index (χ0n) is 13.5. The van der Waals surface area contributed by atoms with E-state index in [2.05, 4.69) is 0 Å². The summed E-state index contributed by atoms with van der Waals surface area (Å²) in [6.45, 7) is 3.50. The number of unbranched alkanes of at least 4 members (excludes halogenated alkanes) is 1. The molecule has 24 heavy (non-hydrogen) atoms. The molecule has 0 spiro atoms. The Morgan fingerprint density at radius 2 is 1.58 bits per heavy atom. The van der Waals surface area contributed by atoms with Gasteiger partial charge in [0.05, 0.1) is 5.56 Å². The average molecular weight is 326 g/mol. The van der Waals surface area contributed by atoms with Crippen molar-refractivity contribution >= 4 is 11.6 Å².